The molecule has 1 atom stereocenters. The molecule has 0 aromatic heterocycles. The molecule has 1 aliphatic heterocycles. The zero-order valence-corrected chi connectivity index (χ0v) is 16.1. The SMILES string of the molecule is C=CC(=O)NCc1ccc(C(=O)N2CCC(C)(c3ccc(Cl)cc3)C2)cc1. The molecule has 1 aliphatic rings. The molecule has 0 radical (unpaired) electrons. The van der Waals surface area contributed by atoms with E-state index in [1.54, 1.807) is 0 Å². The Morgan fingerprint density at radius 3 is 2.48 bits per heavy atom. The van der Waals surface area contributed by atoms with Gasteiger partial charge < -0.3 is 10.2 Å². The van der Waals surface area contributed by atoms with E-state index in [-0.39, 0.29) is 17.2 Å². The van der Waals surface area contributed by atoms with E-state index in [9.17, 15) is 9.59 Å². The fourth-order valence-corrected chi connectivity index (χ4v) is 3.56. The highest BCUT2D eigenvalue weighted by molar-refractivity contribution is 6.30. The second kappa shape index (κ2) is 7.97. The van der Waals surface area contributed by atoms with Crippen LogP contribution in [-0.2, 0) is 16.8 Å². The maximum atomic E-state index is 12.9. The van der Waals surface area contributed by atoms with Gasteiger partial charge in [-0.3, -0.25) is 9.59 Å². The van der Waals surface area contributed by atoms with Crippen LogP contribution in [0.2, 0.25) is 5.02 Å². The molecule has 27 heavy (non-hydrogen) atoms. The molecule has 1 heterocycles. The van der Waals surface area contributed by atoms with Crippen LogP contribution in [0.4, 0.5) is 0 Å². The Hall–Kier alpha value is -2.59. The highest BCUT2D eigenvalue weighted by Gasteiger charge is 2.37. The Kier molecular flexibility index (Phi) is 5.66. The van der Waals surface area contributed by atoms with Crippen LogP contribution in [0.25, 0.3) is 0 Å². The smallest absolute Gasteiger partial charge is 0.253 e. The molecule has 0 bridgehead atoms. The molecule has 2 aromatic carbocycles. The summed E-state index contributed by atoms with van der Waals surface area (Å²) in [7, 11) is 0. The maximum Gasteiger partial charge on any atom is 0.253 e. The molecule has 0 saturated carbocycles. The average Bonchev–Trinajstić information content (AvgIpc) is 3.09. The summed E-state index contributed by atoms with van der Waals surface area (Å²) in [5.41, 5.74) is 2.74. The highest BCUT2D eigenvalue weighted by Crippen LogP contribution is 2.35. The standard InChI is InChI=1S/C22H23ClN2O2/c1-3-20(26)24-14-16-4-6-17(7-5-16)21(27)25-13-12-22(2,15-25)18-8-10-19(23)11-9-18/h3-11H,1,12-15H2,2H3,(H,24,26). The second-order valence-electron chi connectivity index (χ2n) is 7.16. The predicted octanol–water partition coefficient (Wildman–Crippen LogP) is 3.95. The zero-order valence-electron chi connectivity index (χ0n) is 15.4. The van der Waals surface area contributed by atoms with E-state index < -0.39 is 0 Å². The maximum absolute atomic E-state index is 12.9. The van der Waals surface area contributed by atoms with Crippen molar-refractivity contribution in [3.05, 3.63) is 82.9 Å². The number of hydrogen-bond donors (Lipinski definition) is 1. The van der Waals surface area contributed by atoms with E-state index in [2.05, 4.69) is 18.8 Å². The van der Waals surface area contributed by atoms with Crippen LogP contribution in [0.3, 0.4) is 0 Å². The Bertz CT molecular complexity index is 846. The summed E-state index contributed by atoms with van der Waals surface area (Å²) in [5.74, 6) is -0.178. The lowest BCUT2D eigenvalue weighted by Crippen LogP contribution is -2.32. The van der Waals surface area contributed by atoms with Crippen LogP contribution in [0, 0.1) is 0 Å². The van der Waals surface area contributed by atoms with Crippen LogP contribution in [0.1, 0.15) is 34.8 Å². The molecule has 0 aliphatic carbocycles. The predicted molar refractivity (Wildman–Crippen MR) is 108 cm³/mol. The Morgan fingerprint density at radius 1 is 1.19 bits per heavy atom. The summed E-state index contributed by atoms with van der Waals surface area (Å²) in [6, 6.07) is 15.2. The number of halogens is 1. The third kappa shape index (κ3) is 4.40. The van der Waals surface area contributed by atoms with Crippen molar-refractivity contribution in [1.82, 2.24) is 10.2 Å². The topological polar surface area (TPSA) is 49.4 Å². The van der Waals surface area contributed by atoms with Gasteiger partial charge in [-0.15, -0.1) is 0 Å². The van der Waals surface area contributed by atoms with E-state index in [1.165, 1.54) is 11.6 Å². The number of nitrogens with one attached hydrogen (secondary N) is 1. The van der Waals surface area contributed by atoms with Gasteiger partial charge in [-0.1, -0.05) is 49.4 Å². The molecular weight excluding hydrogens is 360 g/mol. The first-order valence-electron chi connectivity index (χ1n) is 8.96. The van der Waals surface area contributed by atoms with Crippen LogP contribution < -0.4 is 5.32 Å². The minimum Gasteiger partial charge on any atom is -0.348 e. The van der Waals surface area contributed by atoms with Gasteiger partial charge in [0.1, 0.15) is 0 Å². The summed E-state index contributed by atoms with van der Waals surface area (Å²) < 4.78 is 0. The second-order valence-corrected chi connectivity index (χ2v) is 7.60. The van der Waals surface area contributed by atoms with Gasteiger partial charge in [-0.2, -0.15) is 0 Å². The number of nitrogens with zero attached hydrogens (tertiary/aromatic N) is 1. The first kappa shape index (κ1) is 19.2. The van der Waals surface area contributed by atoms with Crippen LogP contribution >= 0.6 is 11.6 Å². The van der Waals surface area contributed by atoms with E-state index in [1.807, 2.05) is 53.4 Å². The molecule has 3 rings (SSSR count). The summed E-state index contributed by atoms with van der Waals surface area (Å²) in [5, 5.41) is 3.44. The van der Waals surface area contributed by atoms with Gasteiger partial charge in [-0.05, 0) is 47.9 Å². The molecule has 1 N–H and O–H groups in total. The summed E-state index contributed by atoms with van der Waals surface area (Å²) in [4.78, 5) is 26.0. The van der Waals surface area contributed by atoms with Crippen molar-refractivity contribution < 1.29 is 9.59 Å². The minimum atomic E-state index is -0.214. The van der Waals surface area contributed by atoms with Crippen LogP contribution in [0.5, 0.6) is 0 Å². The largest absolute Gasteiger partial charge is 0.348 e. The summed E-state index contributed by atoms with van der Waals surface area (Å²) in [6.45, 7) is 7.44. The third-order valence-electron chi connectivity index (χ3n) is 5.15. The number of likely N-dealkylation sites (tertiary alicyclic amines) is 1. The van der Waals surface area contributed by atoms with Crippen molar-refractivity contribution in [1.29, 1.82) is 0 Å². The van der Waals surface area contributed by atoms with Crippen LogP contribution in [-0.4, -0.2) is 29.8 Å². The molecular formula is C22H23ClN2O2. The van der Waals surface area contributed by atoms with Gasteiger partial charge in [0.05, 0.1) is 0 Å². The van der Waals surface area contributed by atoms with Gasteiger partial charge in [0.15, 0.2) is 0 Å². The number of rotatable bonds is 5. The molecule has 2 aromatic rings. The lowest BCUT2D eigenvalue weighted by Gasteiger charge is -2.25. The number of carbonyl (C=O) groups excluding carboxylic acids is 2. The molecule has 2 amide bonds. The third-order valence-corrected chi connectivity index (χ3v) is 5.41. The van der Waals surface area contributed by atoms with Gasteiger partial charge in [0, 0.05) is 35.6 Å². The average molecular weight is 383 g/mol. The van der Waals surface area contributed by atoms with Crippen LogP contribution in [0.15, 0.2) is 61.2 Å². The molecule has 0 spiro atoms. The van der Waals surface area contributed by atoms with E-state index in [0.717, 1.165) is 23.6 Å². The Labute approximate surface area is 164 Å². The van der Waals surface area contributed by atoms with Crippen molar-refractivity contribution in [2.45, 2.75) is 25.3 Å². The van der Waals surface area contributed by atoms with Crippen molar-refractivity contribution >= 4 is 23.4 Å². The number of amides is 2. The molecule has 1 unspecified atom stereocenters. The fraction of sp³-hybridized carbons (Fsp3) is 0.273. The molecule has 4 nitrogen and oxygen atoms in total. The quantitative estimate of drug-likeness (QED) is 0.796. The number of benzene rings is 2. The van der Waals surface area contributed by atoms with E-state index in [4.69, 9.17) is 11.6 Å². The summed E-state index contributed by atoms with van der Waals surface area (Å²) >= 11 is 5.99. The Balaban J connectivity index is 1.65. The van der Waals surface area contributed by atoms with Gasteiger partial charge in [-0.25, -0.2) is 0 Å². The normalized spacial score (nSPS) is 19.0. The molecule has 1 saturated heterocycles. The van der Waals surface area contributed by atoms with Gasteiger partial charge in [0.25, 0.3) is 5.91 Å². The van der Waals surface area contributed by atoms with E-state index in [0.29, 0.717) is 18.7 Å². The molecule has 140 valence electrons. The monoisotopic (exact) mass is 382 g/mol. The number of hydrogen-bond acceptors (Lipinski definition) is 2. The molecule has 5 heteroatoms. The summed E-state index contributed by atoms with van der Waals surface area (Å²) in [6.07, 6.45) is 2.16. The lowest BCUT2D eigenvalue weighted by atomic mass is 9.82. The lowest BCUT2D eigenvalue weighted by molar-refractivity contribution is -0.116. The van der Waals surface area contributed by atoms with E-state index >= 15 is 0 Å². The minimum absolute atomic E-state index is 0.0364. The highest BCUT2D eigenvalue weighted by atomic mass is 35.5. The van der Waals surface area contributed by atoms with Gasteiger partial charge >= 0.3 is 0 Å². The zero-order chi connectivity index (χ0) is 19.4. The first-order valence-corrected chi connectivity index (χ1v) is 9.34. The van der Waals surface area contributed by atoms with Crippen molar-refractivity contribution in [2.24, 2.45) is 0 Å². The first-order chi connectivity index (χ1) is 12.9. The number of carbonyl (C=O) groups is 2. The molecule has 1 fully saturated rings. The van der Waals surface area contributed by atoms with Crippen molar-refractivity contribution in [3.63, 3.8) is 0 Å². The van der Waals surface area contributed by atoms with Crippen molar-refractivity contribution in [3.8, 4) is 0 Å². The fourth-order valence-electron chi connectivity index (χ4n) is 3.43. The van der Waals surface area contributed by atoms with Crippen molar-refractivity contribution in [2.75, 3.05) is 13.1 Å². The van der Waals surface area contributed by atoms with Gasteiger partial charge in [0.2, 0.25) is 5.91 Å². The Morgan fingerprint density at radius 2 is 1.85 bits per heavy atom.